The van der Waals surface area contributed by atoms with Crippen molar-refractivity contribution >= 4 is 17.5 Å². The van der Waals surface area contributed by atoms with Crippen LogP contribution in [0.3, 0.4) is 0 Å². The molecule has 112 valence electrons. The van der Waals surface area contributed by atoms with Gasteiger partial charge in [-0.3, -0.25) is 4.79 Å². The van der Waals surface area contributed by atoms with E-state index in [1.54, 1.807) is 23.4 Å². The number of carbonyl (C=O) groups is 1. The van der Waals surface area contributed by atoms with Gasteiger partial charge in [0.15, 0.2) is 0 Å². The number of hydrogen-bond acceptors (Lipinski definition) is 3. The van der Waals surface area contributed by atoms with Gasteiger partial charge in [0.05, 0.1) is 23.9 Å². The Morgan fingerprint density at radius 3 is 3.05 bits per heavy atom. The van der Waals surface area contributed by atoms with E-state index in [0.29, 0.717) is 23.8 Å². The van der Waals surface area contributed by atoms with Gasteiger partial charge in [-0.15, -0.1) is 0 Å². The lowest BCUT2D eigenvalue weighted by Gasteiger charge is -2.24. The molecule has 3 heterocycles. The number of nitrogens with zero attached hydrogens (tertiary/aromatic N) is 1. The molecule has 0 unspecified atom stereocenters. The van der Waals surface area contributed by atoms with E-state index >= 15 is 0 Å². The van der Waals surface area contributed by atoms with Crippen molar-refractivity contribution < 1.29 is 13.9 Å². The number of ether oxygens (including phenoxy) is 1. The first-order chi connectivity index (χ1) is 10.2. The zero-order valence-electron chi connectivity index (χ0n) is 11.5. The van der Waals surface area contributed by atoms with Gasteiger partial charge in [-0.1, -0.05) is 11.6 Å². The topological polar surface area (TPSA) is 58.5 Å². The summed E-state index contributed by atoms with van der Waals surface area (Å²) in [6, 6.07) is 5.31. The minimum atomic E-state index is -0.103. The van der Waals surface area contributed by atoms with E-state index in [0.717, 1.165) is 25.2 Å². The van der Waals surface area contributed by atoms with Crippen LogP contribution < -0.4 is 0 Å². The standard InChI is InChI=1S/C15H17ClN2O3/c16-11-7-14(17-8-11)15(19)18(9-12-3-1-5-20-12)10-13-4-2-6-21-13/h1,3,5,7-8,13,17H,2,4,6,9-10H2/t13-/m0/s1. The van der Waals surface area contributed by atoms with Gasteiger partial charge in [0, 0.05) is 19.3 Å². The molecular formula is C15H17ClN2O3. The maximum absolute atomic E-state index is 12.6. The number of carbonyl (C=O) groups excluding carboxylic acids is 1. The molecule has 21 heavy (non-hydrogen) atoms. The molecule has 1 atom stereocenters. The second-order valence-corrected chi connectivity index (χ2v) is 5.57. The number of furan rings is 1. The number of H-pyrrole nitrogens is 1. The smallest absolute Gasteiger partial charge is 0.270 e. The molecule has 1 N–H and O–H groups in total. The van der Waals surface area contributed by atoms with Crippen molar-refractivity contribution in [3.63, 3.8) is 0 Å². The van der Waals surface area contributed by atoms with Gasteiger partial charge >= 0.3 is 0 Å². The fourth-order valence-electron chi connectivity index (χ4n) is 2.51. The number of hydrogen-bond donors (Lipinski definition) is 1. The van der Waals surface area contributed by atoms with E-state index in [-0.39, 0.29) is 12.0 Å². The molecule has 3 rings (SSSR count). The Morgan fingerprint density at radius 1 is 1.52 bits per heavy atom. The van der Waals surface area contributed by atoms with Crippen LogP contribution in [0.2, 0.25) is 5.02 Å². The summed E-state index contributed by atoms with van der Waals surface area (Å²) in [5, 5.41) is 0.522. The number of nitrogens with one attached hydrogen (secondary N) is 1. The minimum Gasteiger partial charge on any atom is -0.467 e. The Kier molecular flexibility index (Phi) is 4.31. The van der Waals surface area contributed by atoms with Crippen LogP contribution in [0, 0.1) is 0 Å². The van der Waals surface area contributed by atoms with Gasteiger partial charge in [-0.25, -0.2) is 0 Å². The summed E-state index contributed by atoms with van der Waals surface area (Å²) < 4.78 is 11.0. The molecule has 6 heteroatoms. The third-order valence-electron chi connectivity index (χ3n) is 3.54. The highest BCUT2D eigenvalue weighted by molar-refractivity contribution is 6.30. The maximum Gasteiger partial charge on any atom is 0.270 e. The summed E-state index contributed by atoms with van der Waals surface area (Å²) in [6.45, 7) is 1.74. The molecule has 1 aliphatic rings. The van der Waals surface area contributed by atoms with Gasteiger partial charge in [-0.05, 0) is 31.0 Å². The van der Waals surface area contributed by atoms with E-state index in [1.165, 1.54) is 0 Å². The molecule has 2 aromatic rings. The van der Waals surface area contributed by atoms with E-state index < -0.39 is 0 Å². The predicted octanol–water partition coefficient (Wildman–Crippen LogP) is 3.08. The maximum atomic E-state index is 12.6. The Bertz CT molecular complexity index is 588. The quantitative estimate of drug-likeness (QED) is 0.923. The van der Waals surface area contributed by atoms with Crippen LogP contribution in [0.4, 0.5) is 0 Å². The first-order valence-corrected chi connectivity index (χ1v) is 7.37. The van der Waals surface area contributed by atoms with Crippen LogP contribution in [-0.4, -0.2) is 35.0 Å². The Balaban J connectivity index is 1.75. The summed E-state index contributed by atoms with van der Waals surface area (Å²) in [5.74, 6) is 0.646. The Labute approximate surface area is 127 Å². The van der Waals surface area contributed by atoms with Crippen LogP contribution in [0.25, 0.3) is 0 Å². The third kappa shape index (κ3) is 3.49. The van der Waals surface area contributed by atoms with Crippen molar-refractivity contribution in [2.24, 2.45) is 0 Å². The first-order valence-electron chi connectivity index (χ1n) is 6.99. The molecule has 0 radical (unpaired) electrons. The van der Waals surface area contributed by atoms with Crippen LogP contribution in [0.5, 0.6) is 0 Å². The van der Waals surface area contributed by atoms with Crippen molar-refractivity contribution in [3.05, 3.63) is 47.1 Å². The van der Waals surface area contributed by atoms with E-state index in [2.05, 4.69) is 4.98 Å². The van der Waals surface area contributed by atoms with Crippen LogP contribution in [0.15, 0.2) is 35.1 Å². The average molecular weight is 309 g/mol. The molecular weight excluding hydrogens is 292 g/mol. The fourth-order valence-corrected chi connectivity index (χ4v) is 2.67. The second kappa shape index (κ2) is 6.37. The van der Waals surface area contributed by atoms with Crippen molar-refractivity contribution in [2.45, 2.75) is 25.5 Å². The first kappa shape index (κ1) is 14.2. The zero-order chi connectivity index (χ0) is 14.7. The van der Waals surface area contributed by atoms with E-state index in [1.807, 2.05) is 12.1 Å². The lowest BCUT2D eigenvalue weighted by atomic mass is 10.2. The average Bonchev–Trinajstić information content (AvgIpc) is 3.19. The van der Waals surface area contributed by atoms with E-state index in [9.17, 15) is 4.79 Å². The highest BCUT2D eigenvalue weighted by Gasteiger charge is 2.25. The van der Waals surface area contributed by atoms with Gasteiger partial charge in [0.25, 0.3) is 5.91 Å². The summed E-state index contributed by atoms with van der Waals surface area (Å²) in [4.78, 5) is 17.2. The van der Waals surface area contributed by atoms with Crippen LogP contribution >= 0.6 is 11.6 Å². The number of rotatable bonds is 5. The number of aromatic amines is 1. The summed E-state index contributed by atoms with van der Waals surface area (Å²) in [6.07, 6.45) is 5.32. The van der Waals surface area contributed by atoms with Crippen molar-refractivity contribution in [2.75, 3.05) is 13.2 Å². The Hall–Kier alpha value is -1.72. The van der Waals surface area contributed by atoms with Gasteiger partial charge in [0.1, 0.15) is 11.5 Å². The van der Waals surface area contributed by atoms with Crippen molar-refractivity contribution in [1.29, 1.82) is 0 Å². The molecule has 0 spiro atoms. The molecule has 5 nitrogen and oxygen atoms in total. The molecule has 2 aromatic heterocycles. The molecule has 0 aromatic carbocycles. The lowest BCUT2D eigenvalue weighted by molar-refractivity contribution is 0.0487. The number of aromatic nitrogens is 1. The summed E-state index contributed by atoms with van der Waals surface area (Å²) >= 11 is 5.88. The van der Waals surface area contributed by atoms with Gasteiger partial charge in [0.2, 0.25) is 0 Å². The molecule has 1 saturated heterocycles. The molecule has 1 fully saturated rings. The summed E-state index contributed by atoms with van der Waals surface area (Å²) in [5.41, 5.74) is 0.476. The molecule has 0 aliphatic carbocycles. The number of halogens is 1. The van der Waals surface area contributed by atoms with Crippen LogP contribution in [-0.2, 0) is 11.3 Å². The molecule has 1 aliphatic heterocycles. The zero-order valence-corrected chi connectivity index (χ0v) is 12.3. The highest BCUT2D eigenvalue weighted by atomic mass is 35.5. The molecule has 1 amide bonds. The largest absolute Gasteiger partial charge is 0.467 e. The summed E-state index contributed by atoms with van der Waals surface area (Å²) in [7, 11) is 0. The monoisotopic (exact) mass is 308 g/mol. The lowest BCUT2D eigenvalue weighted by Crippen LogP contribution is -2.37. The molecule has 0 bridgehead atoms. The molecule has 0 saturated carbocycles. The van der Waals surface area contributed by atoms with Gasteiger partial charge in [-0.2, -0.15) is 0 Å². The van der Waals surface area contributed by atoms with Crippen molar-refractivity contribution in [1.82, 2.24) is 9.88 Å². The normalized spacial score (nSPS) is 18.0. The highest BCUT2D eigenvalue weighted by Crippen LogP contribution is 2.18. The van der Waals surface area contributed by atoms with Gasteiger partial charge < -0.3 is 19.0 Å². The third-order valence-corrected chi connectivity index (χ3v) is 3.76. The minimum absolute atomic E-state index is 0.0920. The van der Waals surface area contributed by atoms with Crippen molar-refractivity contribution in [3.8, 4) is 0 Å². The SMILES string of the molecule is O=C(c1cc(Cl)c[nH]1)N(Cc1ccco1)C[C@@H]1CCCO1. The predicted molar refractivity (Wildman–Crippen MR) is 78.2 cm³/mol. The Morgan fingerprint density at radius 2 is 2.43 bits per heavy atom. The van der Waals surface area contributed by atoms with E-state index in [4.69, 9.17) is 20.8 Å². The fraction of sp³-hybridized carbons (Fsp3) is 0.400. The number of amides is 1. The second-order valence-electron chi connectivity index (χ2n) is 5.13. The van der Waals surface area contributed by atoms with Crippen LogP contribution in [0.1, 0.15) is 29.1 Å².